The van der Waals surface area contributed by atoms with Crippen LogP contribution in [-0.2, 0) is 13.2 Å². The first-order chi connectivity index (χ1) is 12.3. The number of benzene rings is 2. The predicted molar refractivity (Wildman–Crippen MR) is 96.1 cm³/mol. The lowest BCUT2D eigenvalue weighted by molar-refractivity contribution is 0.270. The molecular formula is C20H17N3O2. The SMILES string of the molecule is OCc1nccc(-c2nn(Cc3ccccc3)c3ccccc23)c1O. The maximum Gasteiger partial charge on any atom is 0.148 e. The molecule has 0 unspecified atom stereocenters. The van der Waals surface area contributed by atoms with Gasteiger partial charge in [0.25, 0.3) is 0 Å². The van der Waals surface area contributed by atoms with Crippen LogP contribution in [0, 0.1) is 0 Å². The molecular weight excluding hydrogens is 314 g/mol. The van der Waals surface area contributed by atoms with Gasteiger partial charge < -0.3 is 10.2 Å². The average molecular weight is 331 g/mol. The molecule has 0 saturated heterocycles. The molecule has 2 heterocycles. The summed E-state index contributed by atoms with van der Waals surface area (Å²) in [5, 5.41) is 25.5. The molecule has 0 bridgehead atoms. The summed E-state index contributed by atoms with van der Waals surface area (Å²) in [4.78, 5) is 4.00. The van der Waals surface area contributed by atoms with Gasteiger partial charge in [0.05, 0.1) is 18.7 Å². The lowest BCUT2D eigenvalue weighted by atomic mass is 10.1. The summed E-state index contributed by atoms with van der Waals surface area (Å²) in [5.41, 5.74) is 3.64. The van der Waals surface area contributed by atoms with Crippen molar-refractivity contribution in [2.75, 3.05) is 0 Å². The second-order valence-electron chi connectivity index (χ2n) is 5.82. The molecule has 0 aliphatic heterocycles. The number of aromatic nitrogens is 3. The van der Waals surface area contributed by atoms with E-state index in [1.165, 1.54) is 0 Å². The highest BCUT2D eigenvalue weighted by Crippen LogP contribution is 2.35. The molecule has 4 aromatic rings. The van der Waals surface area contributed by atoms with Crippen LogP contribution in [0.1, 0.15) is 11.3 Å². The Bertz CT molecular complexity index is 1030. The summed E-state index contributed by atoms with van der Waals surface area (Å²) < 4.78 is 1.93. The van der Waals surface area contributed by atoms with E-state index in [4.69, 9.17) is 5.10 Å². The minimum absolute atomic E-state index is 0.0277. The maximum atomic E-state index is 10.4. The molecule has 2 aromatic heterocycles. The van der Waals surface area contributed by atoms with E-state index in [1.54, 1.807) is 12.3 Å². The largest absolute Gasteiger partial charge is 0.505 e. The highest BCUT2D eigenvalue weighted by molar-refractivity contribution is 5.94. The maximum absolute atomic E-state index is 10.4. The summed E-state index contributed by atoms with van der Waals surface area (Å²) in [6.07, 6.45) is 1.57. The van der Waals surface area contributed by atoms with Crippen molar-refractivity contribution in [2.45, 2.75) is 13.2 Å². The van der Waals surface area contributed by atoms with Gasteiger partial charge in [-0.2, -0.15) is 5.10 Å². The van der Waals surface area contributed by atoms with E-state index < -0.39 is 0 Å². The summed E-state index contributed by atoms with van der Waals surface area (Å²) in [6, 6.07) is 19.8. The Balaban J connectivity index is 1.89. The fourth-order valence-corrected chi connectivity index (χ4v) is 3.01. The Morgan fingerprint density at radius 3 is 2.48 bits per heavy atom. The monoisotopic (exact) mass is 331 g/mol. The fourth-order valence-electron chi connectivity index (χ4n) is 3.01. The summed E-state index contributed by atoms with van der Waals surface area (Å²) in [7, 11) is 0. The van der Waals surface area contributed by atoms with Gasteiger partial charge in [-0.25, -0.2) is 0 Å². The predicted octanol–water partition coefficient (Wildman–Crippen LogP) is 3.34. The Morgan fingerprint density at radius 2 is 1.68 bits per heavy atom. The van der Waals surface area contributed by atoms with E-state index in [0.29, 0.717) is 17.8 Å². The molecule has 5 nitrogen and oxygen atoms in total. The molecule has 0 aliphatic rings. The van der Waals surface area contributed by atoms with Gasteiger partial charge in [-0.05, 0) is 17.7 Å². The highest BCUT2D eigenvalue weighted by atomic mass is 16.3. The first-order valence-electron chi connectivity index (χ1n) is 8.05. The van der Waals surface area contributed by atoms with Crippen molar-refractivity contribution in [3.05, 3.63) is 78.1 Å². The second kappa shape index (κ2) is 6.37. The van der Waals surface area contributed by atoms with Crippen molar-refractivity contribution in [3.8, 4) is 17.0 Å². The molecule has 4 rings (SSSR count). The summed E-state index contributed by atoms with van der Waals surface area (Å²) >= 11 is 0. The van der Waals surface area contributed by atoms with Crippen LogP contribution in [0.5, 0.6) is 5.75 Å². The van der Waals surface area contributed by atoms with Crippen molar-refractivity contribution in [3.63, 3.8) is 0 Å². The van der Waals surface area contributed by atoms with Crippen LogP contribution in [-0.4, -0.2) is 25.0 Å². The number of aliphatic hydroxyl groups excluding tert-OH is 1. The molecule has 5 heteroatoms. The number of nitrogens with zero attached hydrogens (tertiary/aromatic N) is 3. The number of aliphatic hydroxyl groups is 1. The minimum Gasteiger partial charge on any atom is -0.505 e. The number of hydrogen-bond acceptors (Lipinski definition) is 4. The molecule has 0 saturated carbocycles. The van der Waals surface area contributed by atoms with Gasteiger partial charge in [-0.3, -0.25) is 9.67 Å². The van der Waals surface area contributed by atoms with E-state index in [2.05, 4.69) is 17.1 Å². The van der Waals surface area contributed by atoms with E-state index in [0.717, 1.165) is 16.5 Å². The number of aromatic hydroxyl groups is 1. The smallest absolute Gasteiger partial charge is 0.148 e. The summed E-state index contributed by atoms with van der Waals surface area (Å²) in [5.74, 6) is -0.0277. The fraction of sp³-hybridized carbons (Fsp3) is 0.100. The zero-order valence-electron chi connectivity index (χ0n) is 13.5. The zero-order chi connectivity index (χ0) is 17.2. The van der Waals surface area contributed by atoms with Crippen molar-refractivity contribution >= 4 is 10.9 Å². The van der Waals surface area contributed by atoms with Gasteiger partial charge in [0.15, 0.2) is 0 Å². The number of fused-ring (bicyclic) bond motifs is 1. The quantitative estimate of drug-likeness (QED) is 0.602. The van der Waals surface area contributed by atoms with E-state index >= 15 is 0 Å². The third-order valence-electron chi connectivity index (χ3n) is 4.24. The lowest BCUT2D eigenvalue weighted by Gasteiger charge is -2.05. The van der Waals surface area contributed by atoms with Gasteiger partial charge in [-0.1, -0.05) is 48.5 Å². The Morgan fingerprint density at radius 1 is 0.920 bits per heavy atom. The lowest BCUT2D eigenvalue weighted by Crippen LogP contribution is -2.01. The van der Waals surface area contributed by atoms with Gasteiger partial charge in [0.2, 0.25) is 0 Å². The molecule has 25 heavy (non-hydrogen) atoms. The third kappa shape index (κ3) is 2.75. The molecule has 0 spiro atoms. The molecule has 0 amide bonds. The Hall–Kier alpha value is -3.18. The summed E-state index contributed by atoms with van der Waals surface area (Å²) in [6.45, 7) is 0.322. The van der Waals surface area contributed by atoms with Crippen LogP contribution in [0.4, 0.5) is 0 Å². The Kier molecular flexibility index (Phi) is 3.91. The Labute approximate surface area is 144 Å². The number of pyridine rings is 1. The number of para-hydroxylation sites is 1. The van der Waals surface area contributed by atoms with Crippen molar-refractivity contribution < 1.29 is 10.2 Å². The first-order valence-corrected chi connectivity index (χ1v) is 8.05. The van der Waals surface area contributed by atoms with Crippen molar-refractivity contribution in [2.24, 2.45) is 0 Å². The first kappa shape index (κ1) is 15.4. The van der Waals surface area contributed by atoms with E-state index in [-0.39, 0.29) is 18.1 Å². The van der Waals surface area contributed by atoms with E-state index in [9.17, 15) is 10.2 Å². The zero-order valence-corrected chi connectivity index (χ0v) is 13.5. The number of rotatable bonds is 4. The van der Waals surface area contributed by atoms with Crippen LogP contribution in [0.15, 0.2) is 66.9 Å². The molecule has 0 aliphatic carbocycles. The highest BCUT2D eigenvalue weighted by Gasteiger charge is 2.17. The van der Waals surface area contributed by atoms with Crippen LogP contribution in [0.25, 0.3) is 22.2 Å². The molecule has 0 radical (unpaired) electrons. The molecule has 0 fully saturated rings. The molecule has 0 atom stereocenters. The van der Waals surface area contributed by atoms with Crippen LogP contribution in [0.2, 0.25) is 0 Å². The topological polar surface area (TPSA) is 71.2 Å². The third-order valence-corrected chi connectivity index (χ3v) is 4.24. The molecule has 2 N–H and O–H groups in total. The van der Waals surface area contributed by atoms with Crippen LogP contribution in [0.3, 0.4) is 0 Å². The van der Waals surface area contributed by atoms with Crippen LogP contribution >= 0.6 is 0 Å². The van der Waals surface area contributed by atoms with Gasteiger partial charge in [-0.15, -0.1) is 0 Å². The van der Waals surface area contributed by atoms with Crippen molar-refractivity contribution in [1.29, 1.82) is 0 Å². The van der Waals surface area contributed by atoms with Gasteiger partial charge >= 0.3 is 0 Å². The normalized spacial score (nSPS) is 11.1. The number of hydrogen-bond donors (Lipinski definition) is 2. The second-order valence-corrected chi connectivity index (χ2v) is 5.82. The van der Waals surface area contributed by atoms with E-state index in [1.807, 2.05) is 47.1 Å². The van der Waals surface area contributed by atoms with Gasteiger partial charge in [0.1, 0.15) is 17.1 Å². The van der Waals surface area contributed by atoms with Crippen LogP contribution < -0.4 is 0 Å². The minimum atomic E-state index is -0.317. The van der Waals surface area contributed by atoms with Gasteiger partial charge in [0, 0.05) is 17.1 Å². The average Bonchev–Trinajstić information content (AvgIpc) is 3.01. The van der Waals surface area contributed by atoms with Crippen molar-refractivity contribution in [1.82, 2.24) is 14.8 Å². The molecule has 2 aromatic carbocycles. The molecule has 124 valence electrons. The standard InChI is InChI=1S/C20H17N3O2/c24-13-17-20(25)16(10-11-21-17)19-15-8-4-5-9-18(15)23(22-19)12-14-6-2-1-3-7-14/h1-11,24-25H,12-13H2.